The van der Waals surface area contributed by atoms with Gasteiger partial charge in [0.2, 0.25) is 0 Å². The zero-order chi connectivity index (χ0) is 24.5. The lowest BCUT2D eigenvalue weighted by Gasteiger charge is -2.10. The summed E-state index contributed by atoms with van der Waals surface area (Å²) in [4.78, 5) is 26.7. The van der Waals surface area contributed by atoms with Crippen molar-refractivity contribution in [1.82, 2.24) is 28.7 Å². The highest BCUT2D eigenvalue weighted by molar-refractivity contribution is 6.33. The molecule has 184 valence electrons. The van der Waals surface area contributed by atoms with E-state index in [4.69, 9.17) is 21.3 Å². The Hall–Kier alpha value is -3.49. The molecule has 0 unspecified atom stereocenters. The highest BCUT2D eigenvalue weighted by Crippen LogP contribution is 2.36. The molecule has 0 spiro atoms. The highest BCUT2D eigenvalue weighted by atomic mass is 35.5. The van der Waals surface area contributed by atoms with E-state index in [0.29, 0.717) is 30.4 Å². The van der Waals surface area contributed by atoms with Gasteiger partial charge in [0.15, 0.2) is 5.15 Å². The number of aryl methyl sites for hydroxylation is 1. The largest absolute Gasteiger partial charge is 0.377 e. The summed E-state index contributed by atoms with van der Waals surface area (Å²) in [6.45, 7) is 2.38. The molecular weight excluding hydrogens is 476 g/mol. The minimum absolute atomic E-state index is 0.0161. The number of pyridine rings is 2. The van der Waals surface area contributed by atoms with Crippen molar-refractivity contribution in [1.29, 1.82) is 0 Å². The van der Waals surface area contributed by atoms with Crippen molar-refractivity contribution in [2.75, 3.05) is 6.61 Å². The van der Waals surface area contributed by atoms with Crippen LogP contribution >= 0.6 is 11.6 Å². The Bertz CT molecular complexity index is 1570. The topological polar surface area (TPSA) is 79.8 Å². The number of unbranched alkanes of at least 4 members (excludes halogenated alkanes) is 1. The van der Waals surface area contributed by atoms with Crippen molar-refractivity contribution in [3.63, 3.8) is 0 Å². The van der Waals surface area contributed by atoms with Crippen LogP contribution in [0.4, 0.5) is 0 Å². The van der Waals surface area contributed by atoms with Crippen molar-refractivity contribution in [2.24, 2.45) is 0 Å². The number of hydrogen-bond acceptors (Lipinski definition) is 5. The molecule has 0 N–H and O–H groups in total. The molecule has 1 saturated carbocycles. The van der Waals surface area contributed by atoms with E-state index in [-0.39, 0.29) is 11.7 Å². The van der Waals surface area contributed by atoms with Gasteiger partial charge in [-0.3, -0.25) is 14.1 Å². The molecule has 0 radical (unpaired) electrons. The number of ether oxygens (including phenoxy) is 1. The van der Waals surface area contributed by atoms with Crippen LogP contribution in [0.1, 0.15) is 43.1 Å². The summed E-state index contributed by atoms with van der Waals surface area (Å²) in [7, 11) is 0. The standard InChI is InChI=1S/C27H27ClN6O2/c28-26-25-22(11-13-30-26)32(14-4-5-15-36-18-19-6-2-1-3-7-19)24(31-25)17-33-23-16-29-12-10-21(23)34(27(33)35)20-8-9-20/h1-3,6-7,10-13,16,20H,4-5,8-9,14-15,17-18H2. The molecule has 8 nitrogen and oxygen atoms in total. The molecule has 0 saturated heterocycles. The van der Waals surface area contributed by atoms with Crippen molar-refractivity contribution in [2.45, 2.75) is 51.4 Å². The monoisotopic (exact) mass is 502 g/mol. The van der Waals surface area contributed by atoms with Crippen LogP contribution < -0.4 is 5.69 Å². The first-order valence-corrected chi connectivity index (χ1v) is 12.7. The van der Waals surface area contributed by atoms with Gasteiger partial charge in [0.1, 0.15) is 11.3 Å². The van der Waals surface area contributed by atoms with E-state index >= 15 is 0 Å². The Kier molecular flexibility index (Phi) is 6.29. The molecule has 36 heavy (non-hydrogen) atoms. The molecule has 1 aliphatic rings. The molecule has 4 aromatic heterocycles. The Labute approximate surface area is 213 Å². The lowest BCUT2D eigenvalue weighted by atomic mass is 10.2. The molecule has 1 aliphatic carbocycles. The van der Waals surface area contributed by atoms with Gasteiger partial charge >= 0.3 is 5.69 Å². The predicted molar refractivity (Wildman–Crippen MR) is 139 cm³/mol. The van der Waals surface area contributed by atoms with E-state index in [1.54, 1.807) is 23.2 Å². The number of aromatic nitrogens is 6. The average Bonchev–Trinajstić information content (AvgIpc) is 3.61. The van der Waals surface area contributed by atoms with Gasteiger partial charge in [0.25, 0.3) is 0 Å². The minimum Gasteiger partial charge on any atom is -0.377 e. The number of imidazole rings is 2. The van der Waals surface area contributed by atoms with Crippen LogP contribution in [0.3, 0.4) is 0 Å². The molecule has 0 aliphatic heterocycles. The van der Waals surface area contributed by atoms with Gasteiger partial charge in [-0.05, 0) is 43.4 Å². The van der Waals surface area contributed by atoms with E-state index in [9.17, 15) is 4.79 Å². The maximum Gasteiger partial charge on any atom is 0.329 e. The summed E-state index contributed by atoms with van der Waals surface area (Å²) >= 11 is 6.40. The maximum atomic E-state index is 13.4. The second kappa shape index (κ2) is 9.87. The van der Waals surface area contributed by atoms with E-state index in [1.165, 1.54) is 5.56 Å². The first-order valence-electron chi connectivity index (χ1n) is 12.4. The Morgan fingerprint density at radius 2 is 1.81 bits per heavy atom. The molecule has 0 atom stereocenters. The van der Waals surface area contributed by atoms with Gasteiger partial charge in [-0.25, -0.2) is 14.8 Å². The summed E-state index contributed by atoms with van der Waals surface area (Å²) < 4.78 is 11.7. The smallest absolute Gasteiger partial charge is 0.329 e. The third kappa shape index (κ3) is 4.42. The summed E-state index contributed by atoms with van der Waals surface area (Å²) in [6, 6.07) is 14.3. The summed E-state index contributed by atoms with van der Waals surface area (Å²) in [5, 5.41) is 0.369. The first-order chi connectivity index (χ1) is 17.7. The summed E-state index contributed by atoms with van der Waals surface area (Å²) in [5.41, 5.74) is 4.49. The van der Waals surface area contributed by atoms with E-state index < -0.39 is 0 Å². The second-order valence-electron chi connectivity index (χ2n) is 9.23. The third-order valence-electron chi connectivity index (χ3n) is 6.71. The number of nitrogens with zero attached hydrogens (tertiary/aromatic N) is 6. The SMILES string of the molecule is O=c1n(Cc2nc3c(Cl)nccc3n2CCCCOCc2ccccc2)c2cnccc2n1C1CC1. The van der Waals surface area contributed by atoms with Crippen molar-refractivity contribution in [3.05, 3.63) is 88.1 Å². The fourth-order valence-corrected chi connectivity index (χ4v) is 4.98. The molecule has 0 bridgehead atoms. The zero-order valence-corrected chi connectivity index (χ0v) is 20.6. The average molecular weight is 503 g/mol. The minimum atomic E-state index is -0.0161. The molecule has 1 fully saturated rings. The molecular formula is C27H27ClN6O2. The number of fused-ring (bicyclic) bond motifs is 2. The van der Waals surface area contributed by atoms with Crippen molar-refractivity contribution in [3.8, 4) is 0 Å². The predicted octanol–water partition coefficient (Wildman–Crippen LogP) is 4.98. The van der Waals surface area contributed by atoms with Gasteiger partial charge < -0.3 is 9.30 Å². The fraction of sp³-hybridized carbons (Fsp3) is 0.333. The van der Waals surface area contributed by atoms with Gasteiger partial charge in [-0.2, -0.15) is 0 Å². The normalized spacial score (nSPS) is 13.7. The zero-order valence-electron chi connectivity index (χ0n) is 19.9. The van der Waals surface area contributed by atoms with E-state index in [2.05, 4.69) is 26.7 Å². The Balaban J connectivity index is 1.24. The number of rotatable bonds is 10. The van der Waals surface area contributed by atoms with Crippen LogP contribution in [0, 0.1) is 0 Å². The number of hydrogen-bond donors (Lipinski definition) is 0. The maximum absolute atomic E-state index is 13.4. The van der Waals surface area contributed by atoms with E-state index in [0.717, 1.165) is 54.6 Å². The van der Waals surface area contributed by atoms with Crippen LogP contribution in [-0.4, -0.2) is 35.3 Å². The lowest BCUT2D eigenvalue weighted by molar-refractivity contribution is 0.116. The third-order valence-corrected chi connectivity index (χ3v) is 6.99. The highest BCUT2D eigenvalue weighted by Gasteiger charge is 2.29. The second-order valence-corrected chi connectivity index (χ2v) is 9.59. The van der Waals surface area contributed by atoms with E-state index in [1.807, 2.05) is 34.9 Å². The molecule has 0 amide bonds. The summed E-state index contributed by atoms with van der Waals surface area (Å²) in [6.07, 6.45) is 9.10. The molecule has 1 aromatic carbocycles. The Morgan fingerprint density at radius 3 is 2.64 bits per heavy atom. The van der Waals surface area contributed by atoms with Crippen LogP contribution in [0.15, 0.2) is 65.8 Å². The molecule has 6 rings (SSSR count). The molecule has 5 aromatic rings. The van der Waals surface area contributed by atoms with Crippen LogP contribution in [-0.2, 0) is 24.4 Å². The lowest BCUT2D eigenvalue weighted by Crippen LogP contribution is -2.25. The van der Waals surface area contributed by atoms with Crippen LogP contribution in [0.25, 0.3) is 22.1 Å². The van der Waals surface area contributed by atoms with Gasteiger partial charge in [-0.1, -0.05) is 41.9 Å². The van der Waals surface area contributed by atoms with Crippen LogP contribution in [0.2, 0.25) is 5.15 Å². The number of benzene rings is 1. The Morgan fingerprint density at radius 1 is 0.972 bits per heavy atom. The van der Waals surface area contributed by atoms with Crippen molar-refractivity contribution < 1.29 is 4.74 Å². The van der Waals surface area contributed by atoms with Gasteiger partial charge in [0.05, 0.1) is 35.9 Å². The fourth-order valence-electron chi connectivity index (χ4n) is 4.78. The molecule has 4 heterocycles. The summed E-state index contributed by atoms with van der Waals surface area (Å²) in [5.74, 6) is 0.783. The van der Waals surface area contributed by atoms with Crippen molar-refractivity contribution >= 4 is 33.7 Å². The van der Waals surface area contributed by atoms with Gasteiger partial charge in [0, 0.05) is 31.6 Å². The first kappa shape index (κ1) is 22.9. The van der Waals surface area contributed by atoms with Gasteiger partial charge in [-0.15, -0.1) is 0 Å². The van der Waals surface area contributed by atoms with Crippen LogP contribution in [0.5, 0.6) is 0 Å². The quantitative estimate of drug-likeness (QED) is 0.199. The molecule has 9 heteroatoms. The number of halogens is 1.